The third-order valence-corrected chi connectivity index (χ3v) is 4.53. The molecule has 140 valence electrons. The Morgan fingerprint density at radius 1 is 1.00 bits per heavy atom. The Bertz CT molecular complexity index is 723. The van der Waals surface area contributed by atoms with E-state index >= 15 is 0 Å². The van der Waals surface area contributed by atoms with Crippen LogP contribution in [0.2, 0.25) is 0 Å². The molecule has 0 radical (unpaired) electrons. The van der Waals surface area contributed by atoms with Crippen LogP contribution < -0.4 is 4.74 Å². The molecule has 1 aliphatic heterocycles. The topological polar surface area (TPSA) is 27.7 Å². The van der Waals surface area contributed by atoms with E-state index < -0.39 is 17.9 Å². The molecule has 26 heavy (non-hydrogen) atoms. The highest BCUT2D eigenvalue weighted by atomic mass is 19.2. The number of unbranched alkanes of at least 4 members (excludes halogenated alkanes) is 1. The molecule has 2 aromatic carbocycles. The minimum atomic E-state index is -0.994. The number of hydrogen-bond acceptors (Lipinski definition) is 3. The summed E-state index contributed by atoms with van der Waals surface area (Å²) in [5.74, 6) is -1.96. The Labute approximate surface area is 152 Å². The van der Waals surface area contributed by atoms with Crippen molar-refractivity contribution in [2.75, 3.05) is 19.8 Å². The van der Waals surface area contributed by atoms with Gasteiger partial charge in [0.25, 0.3) is 0 Å². The van der Waals surface area contributed by atoms with Crippen LogP contribution in [0, 0.1) is 18.6 Å². The zero-order valence-electron chi connectivity index (χ0n) is 15.1. The van der Waals surface area contributed by atoms with Crippen molar-refractivity contribution in [2.45, 2.75) is 38.9 Å². The van der Waals surface area contributed by atoms with Crippen molar-refractivity contribution < 1.29 is 23.0 Å². The van der Waals surface area contributed by atoms with E-state index in [1.54, 1.807) is 0 Å². The molecule has 0 bridgehead atoms. The van der Waals surface area contributed by atoms with Gasteiger partial charge in [0.1, 0.15) is 0 Å². The Balaban J connectivity index is 1.65. The average molecular weight is 362 g/mol. The van der Waals surface area contributed by atoms with E-state index in [2.05, 4.69) is 0 Å². The number of aryl methyl sites for hydroxylation is 1. The summed E-state index contributed by atoms with van der Waals surface area (Å²) >= 11 is 0. The summed E-state index contributed by atoms with van der Waals surface area (Å²) in [6.07, 6.45) is 0.808. The van der Waals surface area contributed by atoms with Crippen LogP contribution in [-0.2, 0) is 9.47 Å². The van der Waals surface area contributed by atoms with Gasteiger partial charge >= 0.3 is 0 Å². The fourth-order valence-corrected chi connectivity index (χ4v) is 2.88. The molecule has 0 N–H and O–H groups in total. The quantitative estimate of drug-likeness (QED) is 0.654. The van der Waals surface area contributed by atoms with Crippen LogP contribution in [0.25, 0.3) is 0 Å². The van der Waals surface area contributed by atoms with Gasteiger partial charge in [0.05, 0.1) is 19.8 Å². The predicted octanol–water partition coefficient (Wildman–Crippen LogP) is 5.28. The van der Waals surface area contributed by atoms with E-state index in [1.165, 1.54) is 17.7 Å². The normalized spacial score (nSPS) is 20.2. The van der Waals surface area contributed by atoms with Gasteiger partial charge in [0.15, 0.2) is 17.9 Å². The van der Waals surface area contributed by atoms with E-state index in [0.717, 1.165) is 18.4 Å². The van der Waals surface area contributed by atoms with Crippen molar-refractivity contribution in [2.24, 2.45) is 0 Å². The lowest BCUT2D eigenvalue weighted by molar-refractivity contribution is -0.193. The van der Waals surface area contributed by atoms with Crippen LogP contribution in [0.5, 0.6) is 5.75 Å². The summed E-state index contributed by atoms with van der Waals surface area (Å²) in [6, 6.07) is 11.0. The molecule has 0 unspecified atom stereocenters. The molecule has 1 fully saturated rings. The fraction of sp³-hybridized carbons (Fsp3) is 0.429. The van der Waals surface area contributed by atoms with Crippen molar-refractivity contribution in [3.8, 4) is 5.75 Å². The molecule has 0 spiro atoms. The second kappa shape index (κ2) is 8.60. The zero-order chi connectivity index (χ0) is 18.5. The van der Waals surface area contributed by atoms with Crippen molar-refractivity contribution in [3.05, 3.63) is 64.7 Å². The molecule has 2 aromatic rings. The summed E-state index contributed by atoms with van der Waals surface area (Å²) < 4.78 is 45.2. The molecular weight excluding hydrogens is 338 g/mol. The standard InChI is InChI=1S/C21H24F2O3/c1-3-4-11-24-18-10-9-17(19(22)20(18)23)21-25-12-16(13-26-21)15-7-5-14(2)6-8-15/h5-10,16,21H,3-4,11-13H2,1-2H3. The molecular formula is C21H24F2O3. The molecule has 0 saturated carbocycles. The lowest BCUT2D eigenvalue weighted by Gasteiger charge is -2.30. The maximum atomic E-state index is 14.4. The van der Waals surface area contributed by atoms with Gasteiger partial charge in [0, 0.05) is 11.5 Å². The molecule has 3 nitrogen and oxygen atoms in total. The van der Waals surface area contributed by atoms with Gasteiger partial charge in [-0.05, 0) is 31.0 Å². The number of halogens is 2. The number of benzene rings is 2. The Hall–Kier alpha value is -1.98. The van der Waals surface area contributed by atoms with E-state index in [9.17, 15) is 8.78 Å². The maximum Gasteiger partial charge on any atom is 0.201 e. The van der Waals surface area contributed by atoms with E-state index in [-0.39, 0.29) is 17.2 Å². The van der Waals surface area contributed by atoms with Crippen molar-refractivity contribution in [1.29, 1.82) is 0 Å². The van der Waals surface area contributed by atoms with Gasteiger partial charge in [-0.1, -0.05) is 43.2 Å². The lowest BCUT2D eigenvalue weighted by Crippen LogP contribution is -2.26. The Morgan fingerprint density at radius 3 is 2.35 bits per heavy atom. The van der Waals surface area contributed by atoms with Gasteiger partial charge in [-0.2, -0.15) is 4.39 Å². The first-order valence-electron chi connectivity index (χ1n) is 9.00. The van der Waals surface area contributed by atoms with Crippen LogP contribution in [0.3, 0.4) is 0 Å². The molecule has 5 heteroatoms. The van der Waals surface area contributed by atoms with Crippen LogP contribution in [0.15, 0.2) is 36.4 Å². The third kappa shape index (κ3) is 4.22. The fourth-order valence-electron chi connectivity index (χ4n) is 2.88. The van der Waals surface area contributed by atoms with E-state index in [1.807, 2.05) is 38.1 Å². The van der Waals surface area contributed by atoms with Crippen LogP contribution in [0.4, 0.5) is 8.78 Å². The monoisotopic (exact) mass is 362 g/mol. The average Bonchev–Trinajstić information content (AvgIpc) is 2.66. The third-order valence-electron chi connectivity index (χ3n) is 4.53. The molecule has 1 heterocycles. The molecule has 1 saturated heterocycles. The summed E-state index contributed by atoms with van der Waals surface area (Å²) in [5.41, 5.74) is 2.36. The van der Waals surface area contributed by atoms with Gasteiger partial charge < -0.3 is 14.2 Å². The minimum Gasteiger partial charge on any atom is -0.490 e. The second-order valence-corrected chi connectivity index (χ2v) is 6.59. The molecule has 0 aromatic heterocycles. The summed E-state index contributed by atoms with van der Waals surface area (Å²) in [6.45, 7) is 5.18. The highest BCUT2D eigenvalue weighted by Crippen LogP contribution is 2.34. The van der Waals surface area contributed by atoms with Crippen LogP contribution in [-0.4, -0.2) is 19.8 Å². The first-order valence-corrected chi connectivity index (χ1v) is 9.00. The first-order chi connectivity index (χ1) is 12.6. The van der Waals surface area contributed by atoms with Gasteiger partial charge in [-0.3, -0.25) is 0 Å². The molecule has 1 aliphatic rings. The highest BCUT2D eigenvalue weighted by molar-refractivity contribution is 5.32. The highest BCUT2D eigenvalue weighted by Gasteiger charge is 2.28. The lowest BCUT2D eigenvalue weighted by atomic mass is 9.99. The second-order valence-electron chi connectivity index (χ2n) is 6.59. The van der Waals surface area contributed by atoms with Crippen molar-refractivity contribution in [1.82, 2.24) is 0 Å². The van der Waals surface area contributed by atoms with E-state index in [4.69, 9.17) is 14.2 Å². The zero-order valence-corrected chi connectivity index (χ0v) is 15.1. The maximum absolute atomic E-state index is 14.4. The molecule has 3 rings (SSSR count). The number of rotatable bonds is 6. The van der Waals surface area contributed by atoms with Gasteiger partial charge in [-0.25, -0.2) is 4.39 Å². The first kappa shape index (κ1) is 18.8. The van der Waals surface area contributed by atoms with E-state index in [0.29, 0.717) is 19.8 Å². The summed E-state index contributed by atoms with van der Waals surface area (Å²) in [5, 5.41) is 0. The van der Waals surface area contributed by atoms with Crippen molar-refractivity contribution in [3.63, 3.8) is 0 Å². The summed E-state index contributed by atoms with van der Waals surface area (Å²) in [4.78, 5) is 0. The minimum absolute atomic E-state index is 0.0627. The molecule has 0 aliphatic carbocycles. The van der Waals surface area contributed by atoms with Gasteiger partial charge in [0.2, 0.25) is 5.82 Å². The number of ether oxygens (including phenoxy) is 3. The largest absolute Gasteiger partial charge is 0.490 e. The van der Waals surface area contributed by atoms with Crippen molar-refractivity contribution >= 4 is 0 Å². The SMILES string of the molecule is CCCCOc1ccc(C2OCC(c3ccc(C)cc3)CO2)c(F)c1F. The molecule has 0 amide bonds. The molecule has 0 atom stereocenters. The summed E-state index contributed by atoms with van der Waals surface area (Å²) in [7, 11) is 0. The number of hydrogen-bond donors (Lipinski definition) is 0. The Kier molecular flexibility index (Phi) is 6.22. The predicted molar refractivity (Wildman–Crippen MR) is 95.3 cm³/mol. The Morgan fingerprint density at radius 2 is 1.69 bits per heavy atom. The van der Waals surface area contributed by atoms with Gasteiger partial charge in [-0.15, -0.1) is 0 Å². The smallest absolute Gasteiger partial charge is 0.201 e. The van der Waals surface area contributed by atoms with Crippen LogP contribution >= 0.6 is 0 Å². The van der Waals surface area contributed by atoms with Crippen LogP contribution in [0.1, 0.15) is 48.7 Å².